The third kappa shape index (κ3) is 2.76. The van der Waals surface area contributed by atoms with Crippen LogP contribution in [0.2, 0.25) is 0 Å². The lowest BCUT2D eigenvalue weighted by atomic mass is 10.2. The van der Waals surface area contributed by atoms with Crippen LogP contribution in [0.25, 0.3) is 0 Å². The van der Waals surface area contributed by atoms with Gasteiger partial charge >= 0.3 is 0 Å². The van der Waals surface area contributed by atoms with E-state index in [2.05, 4.69) is 4.98 Å². The molecule has 3 nitrogen and oxygen atoms in total. The fraction of sp³-hybridized carbons (Fsp3) is 0.333. The van der Waals surface area contributed by atoms with Crippen molar-refractivity contribution in [2.45, 2.75) is 13.3 Å². The molecule has 0 aliphatic rings. The van der Waals surface area contributed by atoms with Crippen LogP contribution >= 0.6 is 0 Å². The third-order valence-corrected chi connectivity index (χ3v) is 1.53. The molecule has 1 aromatic heterocycles. The summed E-state index contributed by atoms with van der Waals surface area (Å²) in [5.41, 5.74) is 0.960. The number of aromatic nitrogens is 1. The van der Waals surface area contributed by atoms with Crippen LogP contribution in [0.3, 0.4) is 0 Å². The maximum Gasteiger partial charge on any atom is 0.272 e. The summed E-state index contributed by atoms with van der Waals surface area (Å²) in [5.74, 6) is 0.135. The SMILES string of the molecule is Cc1cc(C=O)cnc1OCC(F)F. The predicted molar refractivity (Wildman–Crippen MR) is 45.9 cm³/mol. The van der Waals surface area contributed by atoms with Crippen LogP contribution in [0, 0.1) is 6.92 Å². The summed E-state index contributed by atoms with van der Waals surface area (Å²) in [6.45, 7) is 0.953. The van der Waals surface area contributed by atoms with Gasteiger partial charge in [-0.1, -0.05) is 0 Å². The third-order valence-electron chi connectivity index (χ3n) is 1.53. The van der Waals surface area contributed by atoms with Crippen molar-refractivity contribution in [1.29, 1.82) is 0 Å². The molecule has 1 aromatic rings. The molecule has 1 heterocycles. The number of carbonyl (C=O) groups is 1. The highest BCUT2D eigenvalue weighted by atomic mass is 19.3. The first-order valence-electron chi connectivity index (χ1n) is 3.96. The molecule has 0 aromatic carbocycles. The Bertz CT molecular complexity index is 329. The van der Waals surface area contributed by atoms with Crippen molar-refractivity contribution in [2.75, 3.05) is 6.61 Å². The molecule has 0 bridgehead atoms. The number of aryl methyl sites for hydroxylation is 1. The zero-order valence-corrected chi connectivity index (χ0v) is 7.54. The van der Waals surface area contributed by atoms with Crippen molar-refractivity contribution in [3.63, 3.8) is 0 Å². The minimum atomic E-state index is -2.53. The number of hydrogen-bond acceptors (Lipinski definition) is 3. The van der Waals surface area contributed by atoms with Crippen LogP contribution in [0.1, 0.15) is 15.9 Å². The van der Waals surface area contributed by atoms with Gasteiger partial charge in [0.05, 0.1) is 0 Å². The van der Waals surface area contributed by atoms with Gasteiger partial charge in [0, 0.05) is 17.3 Å². The second-order valence-electron chi connectivity index (χ2n) is 2.71. The zero-order chi connectivity index (χ0) is 10.6. The molecule has 14 heavy (non-hydrogen) atoms. The first-order valence-corrected chi connectivity index (χ1v) is 3.96. The number of ether oxygens (including phenoxy) is 1. The summed E-state index contributed by atoms with van der Waals surface area (Å²) >= 11 is 0. The van der Waals surface area contributed by atoms with Crippen molar-refractivity contribution in [1.82, 2.24) is 4.98 Å². The second kappa shape index (κ2) is 4.64. The molecule has 0 aliphatic heterocycles. The lowest BCUT2D eigenvalue weighted by Gasteiger charge is -2.06. The van der Waals surface area contributed by atoms with Gasteiger partial charge in [-0.05, 0) is 13.0 Å². The smallest absolute Gasteiger partial charge is 0.272 e. The number of rotatable bonds is 4. The molecule has 0 saturated heterocycles. The molecule has 0 amide bonds. The Morgan fingerprint density at radius 2 is 2.36 bits per heavy atom. The van der Waals surface area contributed by atoms with E-state index in [-0.39, 0.29) is 5.88 Å². The summed E-state index contributed by atoms with van der Waals surface area (Å²) in [4.78, 5) is 14.1. The summed E-state index contributed by atoms with van der Waals surface area (Å²) in [6, 6.07) is 1.53. The number of pyridine rings is 1. The van der Waals surface area contributed by atoms with Crippen LogP contribution in [0.15, 0.2) is 12.3 Å². The molecule has 5 heteroatoms. The van der Waals surface area contributed by atoms with E-state index in [1.54, 1.807) is 6.92 Å². The minimum absolute atomic E-state index is 0.135. The molecule has 76 valence electrons. The first-order chi connectivity index (χ1) is 6.63. The van der Waals surface area contributed by atoms with E-state index in [4.69, 9.17) is 4.74 Å². The summed E-state index contributed by atoms with van der Waals surface area (Å²) < 4.78 is 28.3. The van der Waals surface area contributed by atoms with Crippen LogP contribution in [0.4, 0.5) is 8.78 Å². The van der Waals surface area contributed by atoms with E-state index < -0.39 is 13.0 Å². The maximum atomic E-state index is 11.8. The molecule has 0 spiro atoms. The number of halogens is 2. The van der Waals surface area contributed by atoms with Gasteiger partial charge in [0.15, 0.2) is 12.9 Å². The Morgan fingerprint density at radius 3 is 2.86 bits per heavy atom. The second-order valence-corrected chi connectivity index (χ2v) is 2.71. The fourth-order valence-electron chi connectivity index (χ4n) is 0.941. The van der Waals surface area contributed by atoms with Gasteiger partial charge in [0.1, 0.15) is 0 Å². The predicted octanol–water partition coefficient (Wildman–Crippen LogP) is 1.85. The monoisotopic (exact) mass is 201 g/mol. The number of alkyl halides is 2. The van der Waals surface area contributed by atoms with Gasteiger partial charge in [0.25, 0.3) is 6.43 Å². The Hall–Kier alpha value is -1.52. The van der Waals surface area contributed by atoms with Gasteiger partial charge in [-0.3, -0.25) is 4.79 Å². The minimum Gasteiger partial charge on any atom is -0.471 e. The van der Waals surface area contributed by atoms with E-state index in [1.807, 2.05) is 0 Å². The van der Waals surface area contributed by atoms with Crippen LogP contribution in [-0.2, 0) is 0 Å². The molecule has 0 N–H and O–H groups in total. The van der Waals surface area contributed by atoms with E-state index in [0.29, 0.717) is 17.4 Å². The molecule has 0 unspecified atom stereocenters. The Labute approximate surface area is 79.7 Å². The van der Waals surface area contributed by atoms with E-state index in [9.17, 15) is 13.6 Å². The quantitative estimate of drug-likeness (QED) is 0.698. The van der Waals surface area contributed by atoms with Crippen LogP contribution in [0.5, 0.6) is 5.88 Å². The number of aldehydes is 1. The zero-order valence-electron chi connectivity index (χ0n) is 7.54. The summed E-state index contributed by atoms with van der Waals surface area (Å²) in [6.07, 6.45) is -0.612. The maximum absolute atomic E-state index is 11.8. The highest BCUT2D eigenvalue weighted by Crippen LogP contribution is 2.14. The lowest BCUT2D eigenvalue weighted by Crippen LogP contribution is -2.09. The average Bonchev–Trinajstić information content (AvgIpc) is 2.15. The molecule has 0 radical (unpaired) electrons. The van der Waals surface area contributed by atoms with Gasteiger partial charge in [-0.25, -0.2) is 13.8 Å². The molecule has 1 rings (SSSR count). The van der Waals surface area contributed by atoms with Crippen LogP contribution < -0.4 is 4.74 Å². The fourth-order valence-corrected chi connectivity index (χ4v) is 0.941. The number of nitrogens with zero attached hydrogens (tertiary/aromatic N) is 1. The van der Waals surface area contributed by atoms with Crippen molar-refractivity contribution in [2.24, 2.45) is 0 Å². The highest BCUT2D eigenvalue weighted by Gasteiger charge is 2.07. The summed E-state index contributed by atoms with van der Waals surface area (Å²) in [7, 11) is 0. The standard InChI is InChI=1S/C9H9F2NO2/c1-6-2-7(4-13)3-12-9(6)14-5-8(10)11/h2-4,8H,5H2,1H3. The summed E-state index contributed by atoms with van der Waals surface area (Å²) in [5, 5.41) is 0. The largest absolute Gasteiger partial charge is 0.471 e. The number of carbonyl (C=O) groups excluding carboxylic acids is 1. The van der Waals surface area contributed by atoms with Gasteiger partial charge in [-0.2, -0.15) is 0 Å². The number of hydrogen-bond donors (Lipinski definition) is 0. The highest BCUT2D eigenvalue weighted by molar-refractivity contribution is 5.74. The van der Waals surface area contributed by atoms with Crippen molar-refractivity contribution in [3.8, 4) is 5.88 Å². The van der Waals surface area contributed by atoms with E-state index in [1.165, 1.54) is 12.3 Å². The molecular formula is C9H9F2NO2. The lowest BCUT2D eigenvalue weighted by molar-refractivity contribution is 0.0792. The van der Waals surface area contributed by atoms with E-state index >= 15 is 0 Å². The van der Waals surface area contributed by atoms with Crippen molar-refractivity contribution in [3.05, 3.63) is 23.4 Å². The molecule has 0 atom stereocenters. The van der Waals surface area contributed by atoms with Crippen molar-refractivity contribution >= 4 is 6.29 Å². The molecule has 0 aliphatic carbocycles. The molecule has 0 saturated carbocycles. The Kier molecular flexibility index (Phi) is 3.50. The topological polar surface area (TPSA) is 39.2 Å². The Morgan fingerprint density at radius 1 is 1.64 bits per heavy atom. The van der Waals surface area contributed by atoms with Gasteiger partial charge < -0.3 is 4.74 Å². The van der Waals surface area contributed by atoms with Gasteiger partial charge in [0.2, 0.25) is 5.88 Å². The molecular weight excluding hydrogens is 192 g/mol. The van der Waals surface area contributed by atoms with E-state index in [0.717, 1.165) is 0 Å². The first kappa shape index (κ1) is 10.6. The van der Waals surface area contributed by atoms with Crippen molar-refractivity contribution < 1.29 is 18.3 Å². The molecule has 0 fully saturated rings. The Balaban J connectivity index is 2.73. The van der Waals surface area contributed by atoms with Crippen LogP contribution in [-0.4, -0.2) is 24.3 Å². The average molecular weight is 201 g/mol. The normalized spacial score (nSPS) is 10.3. The van der Waals surface area contributed by atoms with Gasteiger partial charge in [-0.15, -0.1) is 0 Å².